The predicted molar refractivity (Wildman–Crippen MR) is 83.8 cm³/mol. The van der Waals surface area contributed by atoms with Gasteiger partial charge in [0.05, 0.1) is 11.5 Å². The fourth-order valence-electron chi connectivity index (χ4n) is 2.76. The topological polar surface area (TPSA) is 46.2 Å². The second-order valence-corrected chi connectivity index (χ2v) is 8.56. The quantitative estimate of drug-likeness (QED) is 0.908. The standard InChI is InChI=1S/C15H22ClNO2S/c1-11(2)15(13-5-3-4-6-14(13)16)17-9-12-7-8-20(18,19)10-12/h3-6,11-12,15,17H,7-10H2,1-2H3. The molecule has 1 N–H and O–H groups in total. The third kappa shape index (κ3) is 3.96. The molecule has 1 aromatic rings. The van der Waals surface area contributed by atoms with Gasteiger partial charge in [-0.15, -0.1) is 0 Å². The molecular formula is C15H22ClNO2S. The van der Waals surface area contributed by atoms with Gasteiger partial charge in [-0.3, -0.25) is 0 Å². The van der Waals surface area contributed by atoms with Crippen molar-refractivity contribution in [3.8, 4) is 0 Å². The van der Waals surface area contributed by atoms with Gasteiger partial charge in [-0.05, 0) is 36.4 Å². The van der Waals surface area contributed by atoms with E-state index in [1.807, 2.05) is 24.3 Å². The van der Waals surface area contributed by atoms with Crippen LogP contribution in [0.15, 0.2) is 24.3 Å². The molecule has 5 heteroatoms. The fraction of sp³-hybridized carbons (Fsp3) is 0.600. The lowest BCUT2D eigenvalue weighted by Gasteiger charge is -2.25. The minimum Gasteiger partial charge on any atom is -0.309 e. The molecule has 0 bridgehead atoms. The van der Waals surface area contributed by atoms with Crippen LogP contribution >= 0.6 is 11.6 Å². The summed E-state index contributed by atoms with van der Waals surface area (Å²) in [5.41, 5.74) is 1.09. The Kier molecular flexibility index (Phi) is 5.10. The fourth-order valence-corrected chi connectivity index (χ4v) is 4.87. The summed E-state index contributed by atoms with van der Waals surface area (Å²) >= 11 is 6.27. The Bertz CT molecular complexity index is 557. The first-order valence-corrected chi connectivity index (χ1v) is 9.27. The molecule has 1 aliphatic rings. The summed E-state index contributed by atoms with van der Waals surface area (Å²) in [5, 5.41) is 4.27. The molecule has 1 aliphatic heterocycles. The van der Waals surface area contributed by atoms with Crippen LogP contribution in [0.25, 0.3) is 0 Å². The van der Waals surface area contributed by atoms with Crippen molar-refractivity contribution in [3.05, 3.63) is 34.9 Å². The van der Waals surface area contributed by atoms with Crippen LogP contribution in [-0.4, -0.2) is 26.5 Å². The van der Waals surface area contributed by atoms with Gasteiger partial charge in [-0.2, -0.15) is 0 Å². The Labute approximate surface area is 126 Å². The third-order valence-electron chi connectivity index (χ3n) is 3.86. The van der Waals surface area contributed by atoms with E-state index in [0.29, 0.717) is 17.4 Å². The number of nitrogens with one attached hydrogen (secondary N) is 1. The summed E-state index contributed by atoms with van der Waals surface area (Å²) in [6.07, 6.45) is 0.767. The molecule has 1 saturated heterocycles. The zero-order valence-electron chi connectivity index (χ0n) is 12.0. The minimum absolute atomic E-state index is 0.159. The van der Waals surface area contributed by atoms with Crippen LogP contribution in [0.5, 0.6) is 0 Å². The lowest BCUT2D eigenvalue weighted by atomic mass is 9.95. The zero-order chi connectivity index (χ0) is 14.8. The maximum atomic E-state index is 11.5. The molecule has 0 radical (unpaired) electrons. The molecule has 0 amide bonds. The molecule has 1 heterocycles. The van der Waals surface area contributed by atoms with Gasteiger partial charge in [-0.1, -0.05) is 43.6 Å². The van der Waals surface area contributed by atoms with Crippen LogP contribution in [0.1, 0.15) is 31.9 Å². The van der Waals surface area contributed by atoms with Crippen molar-refractivity contribution < 1.29 is 8.42 Å². The van der Waals surface area contributed by atoms with Crippen LogP contribution in [-0.2, 0) is 9.84 Å². The van der Waals surface area contributed by atoms with E-state index in [-0.39, 0.29) is 12.0 Å². The Morgan fingerprint density at radius 1 is 1.35 bits per heavy atom. The first-order chi connectivity index (χ1) is 9.39. The lowest BCUT2D eigenvalue weighted by molar-refractivity contribution is 0.381. The van der Waals surface area contributed by atoms with Gasteiger partial charge >= 0.3 is 0 Å². The molecule has 0 spiro atoms. The molecule has 112 valence electrons. The zero-order valence-corrected chi connectivity index (χ0v) is 13.5. The van der Waals surface area contributed by atoms with Gasteiger partial charge in [0.25, 0.3) is 0 Å². The third-order valence-corrected chi connectivity index (χ3v) is 6.04. The molecular weight excluding hydrogens is 294 g/mol. The molecule has 2 atom stereocenters. The second kappa shape index (κ2) is 6.46. The van der Waals surface area contributed by atoms with E-state index in [1.165, 1.54) is 0 Å². The van der Waals surface area contributed by atoms with Crippen LogP contribution in [0.3, 0.4) is 0 Å². The van der Waals surface area contributed by atoms with E-state index in [1.54, 1.807) is 0 Å². The highest BCUT2D eigenvalue weighted by molar-refractivity contribution is 7.91. The highest BCUT2D eigenvalue weighted by atomic mass is 35.5. The number of hydrogen-bond acceptors (Lipinski definition) is 3. The van der Waals surface area contributed by atoms with Crippen molar-refractivity contribution in [1.29, 1.82) is 0 Å². The molecule has 1 fully saturated rings. The summed E-state index contributed by atoms with van der Waals surface area (Å²) in [6.45, 7) is 5.02. The van der Waals surface area contributed by atoms with Crippen molar-refractivity contribution >= 4 is 21.4 Å². The first-order valence-electron chi connectivity index (χ1n) is 7.07. The number of sulfone groups is 1. The highest BCUT2D eigenvalue weighted by Crippen LogP contribution is 2.29. The number of halogens is 1. The Morgan fingerprint density at radius 3 is 2.60 bits per heavy atom. The predicted octanol–water partition coefficient (Wildman–Crippen LogP) is 3.06. The first kappa shape index (κ1) is 15.8. The van der Waals surface area contributed by atoms with E-state index in [2.05, 4.69) is 19.2 Å². The molecule has 2 unspecified atom stereocenters. The molecule has 1 aromatic carbocycles. The SMILES string of the molecule is CC(C)C(NCC1CCS(=O)(=O)C1)c1ccccc1Cl. The monoisotopic (exact) mass is 315 g/mol. The van der Waals surface area contributed by atoms with E-state index >= 15 is 0 Å². The maximum Gasteiger partial charge on any atom is 0.150 e. The molecule has 3 nitrogen and oxygen atoms in total. The van der Waals surface area contributed by atoms with E-state index in [4.69, 9.17) is 11.6 Å². The van der Waals surface area contributed by atoms with Gasteiger partial charge in [-0.25, -0.2) is 8.42 Å². The Balaban J connectivity index is 2.03. The van der Waals surface area contributed by atoms with Gasteiger partial charge in [0, 0.05) is 11.1 Å². The number of hydrogen-bond donors (Lipinski definition) is 1. The minimum atomic E-state index is -2.80. The average Bonchev–Trinajstić information content (AvgIpc) is 2.71. The van der Waals surface area contributed by atoms with E-state index in [0.717, 1.165) is 23.6 Å². The van der Waals surface area contributed by atoms with Crippen LogP contribution < -0.4 is 5.32 Å². The summed E-state index contributed by atoms with van der Waals surface area (Å²) in [4.78, 5) is 0. The molecule has 2 rings (SSSR count). The van der Waals surface area contributed by atoms with Crippen molar-refractivity contribution in [2.45, 2.75) is 26.3 Å². The van der Waals surface area contributed by atoms with Crippen LogP contribution in [0.4, 0.5) is 0 Å². The maximum absolute atomic E-state index is 11.5. The number of rotatable bonds is 5. The molecule has 0 saturated carbocycles. The Morgan fingerprint density at radius 2 is 2.05 bits per heavy atom. The van der Waals surface area contributed by atoms with E-state index < -0.39 is 9.84 Å². The van der Waals surface area contributed by atoms with Crippen molar-refractivity contribution in [2.75, 3.05) is 18.1 Å². The lowest BCUT2D eigenvalue weighted by Crippen LogP contribution is -2.31. The molecule has 0 aliphatic carbocycles. The van der Waals surface area contributed by atoms with Gasteiger partial charge < -0.3 is 5.32 Å². The van der Waals surface area contributed by atoms with Crippen molar-refractivity contribution in [3.63, 3.8) is 0 Å². The van der Waals surface area contributed by atoms with Gasteiger partial charge in [0.2, 0.25) is 0 Å². The molecule has 0 aromatic heterocycles. The smallest absolute Gasteiger partial charge is 0.150 e. The van der Waals surface area contributed by atoms with Crippen LogP contribution in [0, 0.1) is 11.8 Å². The second-order valence-electron chi connectivity index (χ2n) is 5.92. The Hall–Kier alpha value is -0.580. The number of benzene rings is 1. The van der Waals surface area contributed by atoms with Gasteiger partial charge in [0.1, 0.15) is 0 Å². The summed E-state index contributed by atoms with van der Waals surface area (Å²) in [7, 11) is -2.80. The summed E-state index contributed by atoms with van der Waals surface area (Å²) < 4.78 is 23.0. The van der Waals surface area contributed by atoms with Crippen molar-refractivity contribution in [1.82, 2.24) is 5.32 Å². The normalized spacial score (nSPS) is 23.1. The summed E-state index contributed by atoms with van der Waals surface area (Å²) in [6, 6.07) is 8.00. The summed E-state index contributed by atoms with van der Waals surface area (Å²) in [5.74, 6) is 1.27. The highest BCUT2D eigenvalue weighted by Gasteiger charge is 2.28. The van der Waals surface area contributed by atoms with E-state index in [9.17, 15) is 8.42 Å². The largest absolute Gasteiger partial charge is 0.309 e. The van der Waals surface area contributed by atoms with Crippen LogP contribution in [0.2, 0.25) is 5.02 Å². The molecule has 20 heavy (non-hydrogen) atoms. The average molecular weight is 316 g/mol. The van der Waals surface area contributed by atoms with Crippen molar-refractivity contribution in [2.24, 2.45) is 11.8 Å². The van der Waals surface area contributed by atoms with Gasteiger partial charge in [0.15, 0.2) is 9.84 Å².